The van der Waals surface area contributed by atoms with Crippen molar-refractivity contribution in [3.8, 4) is 11.4 Å². The Balaban J connectivity index is 1.38. The zero-order chi connectivity index (χ0) is 24.9. The second kappa shape index (κ2) is 10.4. The molecule has 0 radical (unpaired) electrons. The van der Waals surface area contributed by atoms with E-state index < -0.39 is 0 Å². The maximum atomic E-state index is 13.3. The van der Waals surface area contributed by atoms with E-state index in [0.29, 0.717) is 17.7 Å². The van der Waals surface area contributed by atoms with E-state index in [0.717, 1.165) is 22.2 Å². The lowest BCUT2D eigenvalue weighted by molar-refractivity contribution is 0.0881. The zero-order valence-electron chi connectivity index (χ0n) is 19.8. The quantitative estimate of drug-likeness (QED) is 0.298. The molecule has 0 spiro atoms. The third kappa shape index (κ3) is 5.28. The van der Waals surface area contributed by atoms with Crippen molar-refractivity contribution in [3.05, 3.63) is 126 Å². The van der Waals surface area contributed by atoms with Gasteiger partial charge in [0.25, 0.3) is 5.91 Å². The molecule has 6 heteroatoms. The molecule has 5 nitrogen and oxygen atoms in total. The van der Waals surface area contributed by atoms with E-state index in [1.54, 1.807) is 35.1 Å². The largest absolute Gasteiger partial charge is 0.488 e. The molecular formula is C30H26FN3O2. The van der Waals surface area contributed by atoms with Crippen LogP contribution in [0.25, 0.3) is 16.6 Å². The van der Waals surface area contributed by atoms with Gasteiger partial charge in [-0.2, -0.15) is 5.10 Å². The van der Waals surface area contributed by atoms with Crippen LogP contribution in [0, 0.1) is 5.82 Å². The first-order chi connectivity index (χ1) is 17.6. The Bertz CT molecular complexity index is 1450. The van der Waals surface area contributed by atoms with E-state index in [4.69, 9.17) is 4.74 Å². The van der Waals surface area contributed by atoms with Crippen LogP contribution in [0.2, 0.25) is 0 Å². The highest BCUT2D eigenvalue weighted by Gasteiger charge is 2.23. The molecule has 5 aromatic rings. The predicted molar refractivity (Wildman–Crippen MR) is 139 cm³/mol. The summed E-state index contributed by atoms with van der Waals surface area (Å²) in [7, 11) is 0. The number of benzene rings is 4. The van der Waals surface area contributed by atoms with Crippen LogP contribution < -0.4 is 10.1 Å². The van der Waals surface area contributed by atoms with Crippen molar-refractivity contribution in [2.75, 3.05) is 0 Å². The van der Waals surface area contributed by atoms with E-state index in [2.05, 4.69) is 22.5 Å². The van der Waals surface area contributed by atoms with Gasteiger partial charge in [-0.3, -0.25) is 4.79 Å². The number of carbonyl (C=O) groups excluding carboxylic acids is 1. The summed E-state index contributed by atoms with van der Waals surface area (Å²) >= 11 is 0. The summed E-state index contributed by atoms with van der Waals surface area (Å²) in [4.78, 5) is 12.8. The van der Waals surface area contributed by atoms with Crippen LogP contribution in [0.3, 0.4) is 0 Å². The predicted octanol–water partition coefficient (Wildman–Crippen LogP) is 5.97. The zero-order valence-corrected chi connectivity index (χ0v) is 19.8. The lowest BCUT2D eigenvalue weighted by Crippen LogP contribution is -2.45. The number of ether oxygens (including phenoxy) is 1. The summed E-state index contributed by atoms with van der Waals surface area (Å²) in [5.74, 6) is 0.257. The summed E-state index contributed by atoms with van der Waals surface area (Å²) < 4.78 is 21.6. The lowest BCUT2D eigenvalue weighted by atomic mass is 10.0. The minimum absolute atomic E-state index is 0.138. The second-order valence-corrected chi connectivity index (χ2v) is 8.73. The van der Waals surface area contributed by atoms with Crippen LogP contribution in [-0.2, 0) is 6.42 Å². The standard InChI is InChI=1S/C30H26FN3O2/c1-21(33-30(35)23-10-6-3-7-11-23)29(18-22-8-4-2-5-9-22)36-27-16-17-28-24(19-27)20-32-34(28)26-14-12-25(31)13-15-26/h2-17,19-21,29H,18H2,1H3,(H,33,35)/t21-,29?/m0/s1. The van der Waals surface area contributed by atoms with Crippen molar-refractivity contribution in [1.82, 2.24) is 15.1 Å². The Hall–Kier alpha value is -4.45. The molecule has 0 aliphatic rings. The molecule has 0 bridgehead atoms. The van der Waals surface area contributed by atoms with Gasteiger partial charge in [0.2, 0.25) is 0 Å². The van der Waals surface area contributed by atoms with Gasteiger partial charge in [0.1, 0.15) is 17.7 Å². The summed E-state index contributed by atoms with van der Waals surface area (Å²) in [6.45, 7) is 1.96. The third-order valence-corrected chi connectivity index (χ3v) is 6.13. The van der Waals surface area contributed by atoms with E-state index in [9.17, 15) is 9.18 Å². The molecule has 1 heterocycles. The highest BCUT2D eigenvalue weighted by Crippen LogP contribution is 2.25. The molecule has 180 valence electrons. The Morgan fingerprint density at radius 1 is 0.944 bits per heavy atom. The number of carbonyl (C=O) groups is 1. The number of hydrogen-bond donors (Lipinski definition) is 1. The minimum atomic E-state index is -0.301. The van der Waals surface area contributed by atoms with Gasteiger partial charge in [0.05, 0.1) is 23.4 Å². The molecule has 5 rings (SSSR count). The number of nitrogens with one attached hydrogen (secondary N) is 1. The maximum absolute atomic E-state index is 13.3. The van der Waals surface area contributed by atoms with E-state index in [1.807, 2.05) is 61.5 Å². The molecule has 1 N–H and O–H groups in total. The number of amides is 1. The normalized spacial score (nSPS) is 12.7. The second-order valence-electron chi connectivity index (χ2n) is 8.73. The molecule has 0 aliphatic carbocycles. The van der Waals surface area contributed by atoms with Gasteiger partial charge in [0, 0.05) is 17.4 Å². The molecule has 1 amide bonds. The molecule has 0 saturated heterocycles. The van der Waals surface area contributed by atoms with Crippen molar-refractivity contribution < 1.29 is 13.9 Å². The van der Waals surface area contributed by atoms with E-state index in [1.165, 1.54) is 12.1 Å². The lowest BCUT2D eigenvalue weighted by Gasteiger charge is -2.26. The van der Waals surface area contributed by atoms with Crippen molar-refractivity contribution in [1.29, 1.82) is 0 Å². The third-order valence-electron chi connectivity index (χ3n) is 6.13. The van der Waals surface area contributed by atoms with Crippen LogP contribution in [0.4, 0.5) is 4.39 Å². The number of hydrogen-bond acceptors (Lipinski definition) is 3. The van der Waals surface area contributed by atoms with E-state index in [-0.39, 0.29) is 23.9 Å². The number of fused-ring (bicyclic) bond motifs is 1. The topological polar surface area (TPSA) is 56.1 Å². The summed E-state index contributed by atoms with van der Waals surface area (Å²) in [5, 5.41) is 8.47. The fourth-order valence-electron chi connectivity index (χ4n) is 4.19. The average Bonchev–Trinajstić information content (AvgIpc) is 3.33. The van der Waals surface area contributed by atoms with Crippen LogP contribution in [0.15, 0.2) is 109 Å². The Kier molecular flexibility index (Phi) is 6.76. The molecule has 2 atom stereocenters. The monoisotopic (exact) mass is 479 g/mol. The van der Waals surface area contributed by atoms with Crippen molar-refractivity contribution in [2.45, 2.75) is 25.5 Å². The Morgan fingerprint density at radius 3 is 2.36 bits per heavy atom. The molecule has 36 heavy (non-hydrogen) atoms. The molecule has 1 aromatic heterocycles. The fraction of sp³-hybridized carbons (Fsp3) is 0.133. The summed E-state index contributed by atoms with van der Waals surface area (Å²) in [5.41, 5.74) is 3.39. The van der Waals surface area contributed by atoms with Crippen LogP contribution in [0.1, 0.15) is 22.8 Å². The molecule has 0 saturated carbocycles. The Morgan fingerprint density at radius 2 is 1.64 bits per heavy atom. The smallest absolute Gasteiger partial charge is 0.251 e. The molecular weight excluding hydrogens is 453 g/mol. The van der Waals surface area contributed by atoms with Gasteiger partial charge >= 0.3 is 0 Å². The Labute approximate surface area is 209 Å². The van der Waals surface area contributed by atoms with Crippen LogP contribution in [-0.4, -0.2) is 27.8 Å². The molecule has 0 aliphatic heterocycles. The number of rotatable bonds is 8. The summed E-state index contributed by atoms with van der Waals surface area (Å²) in [6, 6.07) is 31.0. The van der Waals surface area contributed by atoms with Gasteiger partial charge in [-0.25, -0.2) is 9.07 Å². The highest BCUT2D eigenvalue weighted by molar-refractivity contribution is 5.94. The van der Waals surface area contributed by atoms with Crippen molar-refractivity contribution in [3.63, 3.8) is 0 Å². The summed E-state index contributed by atoms with van der Waals surface area (Å²) in [6.07, 6.45) is 2.09. The molecule has 1 unspecified atom stereocenters. The van der Waals surface area contributed by atoms with Gasteiger partial charge in [0.15, 0.2) is 0 Å². The first-order valence-corrected chi connectivity index (χ1v) is 11.9. The van der Waals surface area contributed by atoms with Crippen LogP contribution in [0.5, 0.6) is 5.75 Å². The number of halogens is 1. The molecule has 0 fully saturated rings. The first kappa shape index (κ1) is 23.3. The van der Waals surface area contributed by atoms with Gasteiger partial charge < -0.3 is 10.1 Å². The van der Waals surface area contributed by atoms with Crippen molar-refractivity contribution >= 4 is 16.8 Å². The van der Waals surface area contributed by atoms with Gasteiger partial charge in [-0.15, -0.1) is 0 Å². The van der Waals surface area contributed by atoms with Crippen molar-refractivity contribution in [2.24, 2.45) is 0 Å². The maximum Gasteiger partial charge on any atom is 0.251 e. The van der Waals surface area contributed by atoms with Crippen LogP contribution >= 0.6 is 0 Å². The van der Waals surface area contributed by atoms with E-state index >= 15 is 0 Å². The van der Waals surface area contributed by atoms with Gasteiger partial charge in [-0.1, -0.05) is 48.5 Å². The first-order valence-electron chi connectivity index (χ1n) is 11.9. The molecule has 4 aromatic carbocycles. The number of nitrogens with zero attached hydrogens (tertiary/aromatic N) is 2. The average molecular weight is 480 g/mol. The number of aromatic nitrogens is 2. The highest BCUT2D eigenvalue weighted by atomic mass is 19.1. The fourth-order valence-corrected chi connectivity index (χ4v) is 4.19. The van der Waals surface area contributed by atoms with Gasteiger partial charge in [-0.05, 0) is 67.1 Å². The minimum Gasteiger partial charge on any atom is -0.488 e. The SMILES string of the molecule is C[C@H](NC(=O)c1ccccc1)C(Cc1ccccc1)Oc1ccc2c(cnn2-c2ccc(F)cc2)c1.